The molecule has 0 bridgehead atoms. The summed E-state index contributed by atoms with van der Waals surface area (Å²) in [6.07, 6.45) is -4.73. The van der Waals surface area contributed by atoms with E-state index in [-0.39, 0.29) is 17.1 Å². The van der Waals surface area contributed by atoms with Crippen LogP contribution in [0.2, 0.25) is 0 Å². The van der Waals surface area contributed by atoms with Crippen LogP contribution < -0.4 is 9.46 Å². The van der Waals surface area contributed by atoms with Crippen LogP contribution in [0.15, 0.2) is 70.0 Å². The lowest BCUT2D eigenvalue weighted by molar-refractivity contribution is -0.139. The number of alkyl halides is 3. The van der Waals surface area contributed by atoms with Crippen LogP contribution in [0, 0.1) is 13.8 Å². The number of carbonyl (C=O) groups excluding carboxylic acids is 1. The number of sulfonamides is 1. The average Bonchev–Trinajstić information content (AvgIpc) is 2.72. The lowest BCUT2D eigenvalue weighted by Crippen LogP contribution is -2.30. The van der Waals surface area contributed by atoms with Crippen molar-refractivity contribution in [3.8, 4) is 5.75 Å². The maximum Gasteiger partial charge on any atom is 0.419 e. The van der Waals surface area contributed by atoms with Crippen LogP contribution in [0.25, 0.3) is 0 Å². The van der Waals surface area contributed by atoms with Crippen molar-refractivity contribution < 1.29 is 31.1 Å². The Kier molecular flexibility index (Phi) is 7.18. The second-order valence-electron chi connectivity index (χ2n) is 7.26. The molecule has 0 aliphatic rings. The molecule has 0 heterocycles. The van der Waals surface area contributed by atoms with Crippen molar-refractivity contribution >= 4 is 31.9 Å². The predicted octanol–water partition coefficient (Wildman–Crippen LogP) is 5.78. The van der Waals surface area contributed by atoms with Gasteiger partial charge in [-0.15, -0.1) is 0 Å². The zero-order valence-electron chi connectivity index (χ0n) is 17.5. The third-order valence-corrected chi connectivity index (χ3v) is 6.79. The third-order valence-electron chi connectivity index (χ3n) is 4.92. The Balaban J connectivity index is 1.90. The van der Waals surface area contributed by atoms with E-state index < -0.39 is 33.4 Å². The van der Waals surface area contributed by atoms with E-state index in [1.54, 1.807) is 0 Å². The van der Waals surface area contributed by atoms with Crippen molar-refractivity contribution in [2.24, 2.45) is 0 Å². The van der Waals surface area contributed by atoms with Gasteiger partial charge in [0.25, 0.3) is 15.9 Å². The highest BCUT2D eigenvalue weighted by atomic mass is 79.9. The average molecular weight is 542 g/mol. The highest BCUT2D eigenvalue weighted by molar-refractivity contribution is 9.10. The number of halogens is 4. The van der Waals surface area contributed by atoms with Crippen molar-refractivity contribution in [3.63, 3.8) is 0 Å². The van der Waals surface area contributed by atoms with Gasteiger partial charge in [0, 0.05) is 10.0 Å². The number of hydrogen-bond donors (Lipinski definition) is 1. The van der Waals surface area contributed by atoms with Crippen molar-refractivity contribution in [1.29, 1.82) is 0 Å². The van der Waals surface area contributed by atoms with E-state index in [0.717, 1.165) is 28.8 Å². The smallest absolute Gasteiger partial charge is 0.419 e. The first-order valence-electron chi connectivity index (χ1n) is 9.60. The summed E-state index contributed by atoms with van der Waals surface area (Å²) < 4.78 is 73.4. The minimum Gasteiger partial charge on any atom is -0.488 e. The number of rotatable bonds is 6. The maximum atomic E-state index is 13.5. The highest BCUT2D eigenvalue weighted by Gasteiger charge is 2.35. The van der Waals surface area contributed by atoms with Gasteiger partial charge >= 0.3 is 6.18 Å². The monoisotopic (exact) mass is 541 g/mol. The number of carbonyl (C=O) groups is 1. The van der Waals surface area contributed by atoms with Gasteiger partial charge in [0.1, 0.15) is 12.4 Å². The number of aryl methyl sites for hydroxylation is 2. The number of ether oxygens (including phenoxy) is 1. The van der Waals surface area contributed by atoms with E-state index in [1.165, 1.54) is 24.3 Å². The van der Waals surface area contributed by atoms with Gasteiger partial charge in [-0.05, 0) is 73.0 Å². The van der Waals surface area contributed by atoms with Crippen LogP contribution in [-0.4, -0.2) is 14.3 Å². The summed E-state index contributed by atoms with van der Waals surface area (Å²) in [6.45, 7) is 3.48. The predicted molar refractivity (Wildman–Crippen MR) is 120 cm³/mol. The van der Waals surface area contributed by atoms with Crippen LogP contribution in [-0.2, 0) is 22.8 Å². The molecule has 0 aromatic heterocycles. The Morgan fingerprint density at radius 1 is 1.00 bits per heavy atom. The summed E-state index contributed by atoms with van der Waals surface area (Å²) in [4.78, 5) is 12.4. The Labute approximate surface area is 197 Å². The van der Waals surface area contributed by atoms with Crippen molar-refractivity contribution in [3.05, 3.63) is 93.0 Å². The van der Waals surface area contributed by atoms with Crippen LogP contribution in [0.5, 0.6) is 5.75 Å². The first-order valence-corrected chi connectivity index (χ1v) is 11.9. The first-order chi connectivity index (χ1) is 15.4. The molecule has 5 nitrogen and oxygen atoms in total. The Morgan fingerprint density at radius 3 is 2.18 bits per heavy atom. The van der Waals surface area contributed by atoms with Crippen LogP contribution >= 0.6 is 15.9 Å². The summed E-state index contributed by atoms with van der Waals surface area (Å²) in [7, 11) is -4.23. The normalized spacial score (nSPS) is 11.8. The van der Waals surface area contributed by atoms with Gasteiger partial charge in [-0.3, -0.25) is 4.79 Å². The molecule has 0 fully saturated rings. The molecule has 0 spiro atoms. The zero-order valence-corrected chi connectivity index (χ0v) is 19.9. The van der Waals surface area contributed by atoms with Crippen molar-refractivity contribution in [2.75, 3.05) is 0 Å². The van der Waals surface area contributed by atoms with E-state index in [0.29, 0.717) is 10.5 Å². The van der Waals surface area contributed by atoms with E-state index in [1.807, 2.05) is 36.8 Å². The maximum absolute atomic E-state index is 13.5. The lowest BCUT2D eigenvalue weighted by atomic mass is 10.0. The molecule has 0 saturated heterocycles. The third kappa shape index (κ3) is 5.94. The van der Waals surface area contributed by atoms with Gasteiger partial charge in [0.05, 0.1) is 10.5 Å². The van der Waals surface area contributed by atoms with Crippen molar-refractivity contribution in [2.45, 2.75) is 31.5 Å². The zero-order chi connectivity index (χ0) is 24.4. The van der Waals surface area contributed by atoms with E-state index in [9.17, 15) is 26.4 Å². The first kappa shape index (κ1) is 24.8. The fourth-order valence-electron chi connectivity index (χ4n) is 3.10. The van der Waals surface area contributed by atoms with Crippen LogP contribution in [0.4, 0.5) is 13.2 Å². The molecule has 0 unspecified atom stereocenters. The molecule has 1 amide bonds. The van der Waals surface area contributed by atoms with Gasteiger partial charge in [0.2, 0.25) is 0 Å². The number of hydrogen-bond acceptors (Lipinski definition) is 4. The highest BCUT2D eigenvalue weighted by Crippen LogP contribution is 2.37. The Hall–Kier alpha value is -2.85. The molecule has 0 aliphatic carbocycles. The second-order valence-corrected chi connectivity index (χ2v) is 9.85. The van der Waals surface area contributed by atoms with E-state index in [2.05, 4.69) is 15.9 Å². The molecular formula is C23H19BrF3NO4S. The number of benzene rings is 3. The molecule has 3 rings (SSSR count). The molecule has 0 saturated carbocycles. The largest absolute Gasteiger partial charge is 0.488 e. The van der Waals surface area contributed by atoms with Gasteiger partial charge in [-0.25, -0.2) is 13.1 Å². The Bertz CT molecular complexity index is 1270. The molecule has 0 radical (unpaired) electrons. The fourth-order valence-corrected chi connectivity index (χ4v) is 4.34. The summed E-state index contributed by atoms with van der Waals surface area (Å²) in [6, 6.07) is 13.5. The van der Waals surface area contributed by atoms with Gasteiger partial charge in [0.15, 0.2) is 0 Å². The Morgan fingerprint density at radius 2 is 1.61 bits per heavy atom. The number of nitrogens with one attached hydrogen (secondary N) is 1. The molecule has 10 heteroatoms. The molecule has 3 aromatic carbocycles. The molecular weight excluding hydrogens is 523 g/mol. The standard InChI is InChI=1S/C23H19BrF3NO4S/c1-14-4-3-5-15(2)19(14)13-32-21-12-16(6-11-20(21)23(25,26)27)22(29)28-33(30,31)18-9-7-17(24)8-10-18/h3-12H,13H2,1-2H3,(H,28,29). The molecule has 174 valence electrons. The SMILES string of the molecule is Cc1cccc(C)c1COc1cc(C(=O)NS(=O)(=O)c2ccc(Br)cc2)ccc1C(F)(F)F. The van der Waals surface area contributed by atoms with Crippen LogP contribution in [0.1, 0.15) is 32.6 Å². The summed E-state index contributed by atoms with van der Waals surface area (Å²) in [5, 5.41) is 0. The van der Waals surface area contributed by atoms with Gasteiger partial charge in [-0.1, -0.05) is 34.1 Å². The van der Waals surface area contributed by atoms with Gasteiger partial charge in [-0.2, -0.15) is 13.2 Å². The summed E-state index contributed by atoms with van der Waals surface area (Å²) in [5.41, 5.74) is 1.05. The van der Waals surface area contributed by atoms with Gasteiger partial charge < -0.3 is 4.74 Å². The molecule has 0 atom stereocenters. The van der Waals surface area contributed by atoms with E-state index in [4.69, 9.17) is 4.74 Å². The molecule has 3 aromatic rings. The van der Waals surface area contributed by atoms with Crippen LogP contribution in [0.3, 0.4) is 0 Å². The summed E-state index contributed by atoms with van der Waals surface area (Å²) >= 11 is 3.18. The lowest BCUT2D eigenvalue weighted by Gasteiger charge is -2.17. The second kappa shape index (κ2) is 9.56. The molecule has 33 heavy (non-hydrogen) atoms. The quantitative estimate of drug-likeness (QED) is 0.429. The van der Waals surface area contributed by atoms with Crippen molar-refractivity contribution in [1.82, 2.24) is 4.72 Å². The number of amides is 1. The minimum atomic E-state index is -4.73. The van der Waals surface area contributed by atoms with E-state index >= 15 is 0 Å². The molecule has 0 aliphatic heterocycles. The molecule has 1 N–H and O–H groups in total. The summed E-state index contributed by atoms with van der Waals surface area (Å²) in [5.74, 6) is -1.65. The topological polar surface area (TPSA) is 72.5 Å². The fraction of sp³-hybridized carbons (Fsp3) is 0.174. The minimum absolute atomic E-state index is 0.149.